The van der Waals surface area contributed by atoms with E-state index in [4.69, 9.17) is 9.84 Å². The number of hydrogen-bond donors (Lipinski definition) is 2. The molecule has 1 aliphatic heterocycles. The lowest BCUT2D eigenvalue weighted by Gasteiger charge is -2.23. The Morgan fingerprint density at radius 1 is 1.57 bits per heavy atom. The van der Waals surface area contributed by atoms with Gasteiger partial charge in [-0.3, -0.25) is 9.78 Å². The Morgan fingerprint density at radius 2 is 2.43 bits per heavy atom. The number of hydrogen-bond acceptors (Lipinski definition) is 4. The van der Waals surface area contributed by atoms with E-state index in [9.17, 15) is 4.79 Å². The van der Waals surface area contributed by atoms with Crippen LogP contribution in [-0.4, -0.2) is 41.4 Å². The number of amides is 1. The molecule has 112 valence electrons. The van der Waals surface area contributed by atoms with Gasteiger partial charge in [0.2, 0.25) is 0 Å². The molecule has 1 aromatic rings. The van der Waals surface area contributed by atoms with Gasteiger partial charge in [-0.05, 0) is 25.8 Å². The molecule has 2 rings (SSSR count). The summed E-state index contributed by atoms with van der Waals surface area (Å²) in [7, 11) is 0. The van der Waals surface area contributed by atoms with Crippen LogP contribution in [-0.2, 0) is 4.74 Å². The Morgan fingerprint density at radius 3 is 3.14 bits per heavy atom. The van der Waals surface area contributed by atoms with Gasteiger partial charge in [0.1, 0.15) is 0 Å². The summed E-state index contributed by atoms with van der Waals surface area (Å²) in [6.07, 6.45) is 5.52. The second kappa shape index (κ2) is 7.21. The molecular weight excluding hydrogens is 268 g/mol. The van der Waals surface area contributed by atoms with Gasteiger partial charge in [0.25, 0.3) is 5.91 Å². The molecule has 1 unspecified atom stereocenters. The van der Waals surface area contributed by atoms with Crippen molar-refractivity contribution in [1.29, 1.82) is 0 Å². The third-order valence-corrected chi connectivity index (χ3v) is 3.39. The maximum atomic E-state index is 12.1. The van der Waals surface area contributed by atoms with E-state index in [0.29, 0.717) is 24.1 Å². The van der Waals surface area contributed by atoms with Crippen molar-refractivity contribution in [1.82, 2.24) is 10.3 Å². The van der Waals surface area contributed by atoms with Crippen molar-refractivity contribution in [3.63, 3.8) is 0 Å². The number of nitrogens with zero attached hydrogens (tertiary/aromatic N) is 1. The Bertz CT molecular complexity index is 554. The van der Waals surface area contributed by atoms with E-state index >= 15 is 0 Å². The predicted octanol–water partition coefficient (Wildman–Crippen LogP) is 1.11. The van der Waals surface area contributed by atoms with Crippen LogP contribution in [0.1, 0.15) is 42.1 Å². The summed E-state index contributed by atoms with van der Waals surface area (Å²) in [5.74, 6) is 5.50. The molecule has 1 atom stereocenters. The van der Waals surface area contributed by atoms with Crippen molar-refractivity contribution in [3.8, 4) is 11.8 Å². The number of pyridine rings is 1. The molecule has 2 N–H and O–H groups in total. The number of nitrogens with one attached hydrogen (secondary N) is 1. The molecule has 0 aliphatic carbocycles. The number of rotatable bonds is 4. The first-order valence-electron chi connectivity index (χ1n) is 7.10. The molecule has 1 amide bonds. The average molecular weight is 288 g/mol. The Balaban J connectivity index is 1.96. The van der Waals surface area contributed by atoms with Crippen molar-refractivity contribution in [2.75, 3.05) is 19.8 Å². The third kappa shape index (κ3) is 4.55. The van der Waals surface area contributed by atoms with Crippen molar-refractivity contribution < 1.29 is 14.6 Å². The van der Waals surface area contributed by atoms with Crippen LogP contribution in [0.3, 0.4) is 0 Å². The number of aliphatic hydroxyl groups is 1. The van der Waals surface area contributed by atoms with Gasteiger partial charge in [0.15, 0.2) is 0 Å². The molecule has 21 heavy (non-hydrogen) atoms. The van der Waals surface area contributed by atoms with Crippen LogP contribution >= 0.6 is 0 Å². The van der Waals surface area contributed by atoms with Gasteiger partial charge in [0, 0.05) is 37.5 Å². The van der Waals surface area contributed by atoms with Crippen LogP contribution in [0.2, 0.25) is 0 Å². The van der Waals surface area contributed by atoms with Gasteiger partial charge in [-0.15, -0.1) is 0 Å². The molecule has 1 aromatic heterocycles. The fourth-order valence-electron chi connectivity index (χ4n) is 2.20. The highest BCUT2D eigenvalue weighted by Gasteiger charge is 2.30. The highest BCUT2D eigenvalue weighted by Crippen LogP contribution is 2.23. The quantitative estimate of drug-likeness (QED) is 0.814. The van der Waals surface area contributed by atoms with Crippen molar-refractivity contribution >= 4 is 5.91 Å². The maximum Gasteiger partial charge on any atom is 0.252 e. The molecule has 0 aromatic carbocycles. The lowest BCUT2D eigenvalue weighted by molar-refractivity contribution is 0.0206. The molecular formula is C16H20N2O3. The summed E-state index contributed by atoms with van der Waals surface area (Å²) < 4.78 is 5.64. The van der Waals surface area contributed by atoms with Gasteiger partial charge in [-0.25, -0.2) is 0 Å². The van der Waals surface area contributed by atoms with Crippen LogP contribution in [0.4, 0.5) is 0 Å². The minimum atomic E-state index is -0.262. The third-order valence-electron chi connectivity index (χ3n) is 3.39. The summed E-state index contributed by atoms with van der Waals surface area (Å²) in [6.45, 7) is 3.28. The molecule has 0 bridgehead atoms. The number of carbonyl (C=O) groups is 1. The lowest BCUT2D eigenvalue weighted by atomic mass is 10.0. The Labute approximate surface area is 124 Å². The largest absolute Gasteiger partial charge is 0.395 e. The summed E-state index contributed by atoms with van der Waals surface area (Å²) in [4.78, 5) is 16.2. The average Bonchev–Trinajstić information content (AvgIpc) is 2.93. The van der Waals surface area contributed by atoms with Gasteiger partial charge >= 0.3 is 0 Å². The van der Waals surface area contributed by atoms with Gasteiger partial charge < -0.3 is 15.2 Å². The smallest absolute Gasteiger partial charge is 0.252 e. The zero-order valence-electron chi connectivity index (χ0n) is 12.2. The molecule has 1 fully saturated rings. The van der Waals surface area contributed by atoms with Crippen LogP contribution < -0.4 is 5.32 Å². The monoisotopic (exact) mass is 288 g/mol. The zero-order chi connectivity index (χ0) is 15.1. The van der Waals surface area contributed by atoms with Crippen LogP contribution in [0, 0.1) is 11.8 Å². The van der Waals surface area contributed by atoms with Crippen molar-refractivity contribution in [2.45, 2.75) is 31.8 Å². The van der Waals surface area contributed by atoms with Crippen LogP contribution in [0.25, 0.3) is 0 Å². The summed E-state index contributed by atoms with van der Waals surface area (Å²) >= 11 is 0. The van der Waals surface area contributed by atoms with Gasteiger partial charge in [0.05, 0.1) is 17.8 Å². The number of aliphatic hydroxyl groups excluding tert-OH is 1. The van der Waals surface area contributed by atoms with E-state index in [0.717, 1.165) is 19.4 Å². The standard InChI is InChI=1S/C16H20N2O3/c1-16(6-4-8-21-16)12-18-15(20)14-9-13(10-17-11-14)5-2-3-7-19/h9-11,19H,3-4,6-8,12H2,1H3,(H,18,20). The first kappa shape index (κ1) is 15.5. The number of carbonyl (C=O) groups excluding carboxylic acids is 1. The topological polar surface area (TPSA) is 71.5 Å². The molecule has 2 heterocycles. The molecule has 1 aliphatic rings. The van der Waals surface area contributed by atoms with Crippen LogP contribution in [0.15, 0.2) is 18.5 Å². The second-order valence-electron chi connectivity index (χ2n) is 5.32. The van der Waals surface area contributed by atoms with Crippen molar-refractivity contribution in [3.05, 3.63) is 29.6 Å². The second-order valence-corrected chi connectivity index (χ2v) is 5.32. The first-order valence-corrected chi connectivity index (χ1v) is 7.10. The van der Waals surface area contributed by atoms with Crippen molar-refractivity contribution in [2.24, 2.45) is 0 Å². The van der Waals surface area contributed by atoms with E-state index in [1.165, 1.54) is 6.20 Å². The van der Waals surface area contributed by atoms with Crippen LogP contribution in [0.5, 0.6) is 0 Å². The molecule has 0 spiro atoms. The zero-order valence-corrected chi connectivity index (χ0v) is 12.2. The van der Waals surface area contributed by atoms with E-state index in [1.807, 2.05) is 6.92 Å². The van der Waals surface area contributed by atoms with E-state index in [1.54, 1.807) is 12.3 Å². The van der Waals surface area contributed by atoms with E-state index in [-0.39, 0.29) is 18.1 Å². The van der Waals surface area contributed by atoms with Gasteiger partial charge in [-0.2, -0.15) is 0 Å². The van der Waals surface area contributed by atoms with E-state index in [2.05, 4.69) is 22.1 Å². The highest BCUT2D eigenvalue weighted by atomic mass is 16.5. The minimum absolute atomic E-state index is 0.0270. The first-order chi connectivity index (χ1) is 10.1. The summed E-state index contributed by atoms with van der Waals surface area (Å²) in [6, 6.07) is 1.70. The molecule has 5 nitrogen and oxygen atoms in total. The Hall–Kier alpha value is -1.90. The van der Waals surface area contributed by atoms with Gasteiger partial charge in [-0.1, -0.05) is 11.8 Å². The van der Waals surface area contributed by atoms with E-state index < -0.39 is 0 Å². The fraction of sp³-hybridized carbons (Fsp3) is 0.500. The normalized spacial score (nSPS) is 20.7. The molecule has 1 saturated heterocycles. The predicted molar refractivity (Wildman–Crippen MR) is 78.7 cm³/mol. The molecule has 0 radical (unpaired) electrons. The highest BCUT2D eigenvalue weighted by molar-refractivity contribution is 5.94. The SMILES string of the molecule is CC1(CNC(=O)c2cncc(C#CCCO)c2)CCCO1. The maximum absolute atomic E-state index is 12.1. The molecule has 5 heteroatoms. The Kier molecular flexibility index (Phi) is 5.32. The summed E-state index contributed by atoms with van der Waals surface area (Å²) in [5.41, 5.74) is 0.883. The lowest BCUT2D eigenvalue weighted by Crippen LogP contribution is -2.40. The summed E-state index contributed by atoms with van der Waals surface area (Å²) in [5, 5.41) is 11.6. The fourth-order valence-corrected chi connectivity index (χ4v) is 2.20. The minimum Gasteiger partial charge on any atom is -0.395 e. The number of ether oxygens (including phenoxy) is 1. The number of aromatic nitrogens is 1. The molecule has 0 saturated carbocycles.